The second-order valence-corrected chi connectivity index (χ2v) is 8.48. The van der Waals surface area contributed by atoms with Crippen LogP contribution in [-0.2, 0) is 25.5 Å². The van der Waals surface area contributed by atoms with Crippen molar-refractivity contribution in [2.75, 3.05) is 31.8 Å². The van der Waals surface area contributed by atoms with E-state index in [1.165, 1.54) is 10.0 Å². The number of hydrazine groups is 1. The number of hydrogen-bond acceptors (Lipinski definition) is 7. The number of para-hydroxylation sites is 1. The Hall–Kier alpha value is -3.43. The third-order valence-electron chi connectivity index (χ3n) is 5.81. The van der Waals surface area contributed by atoms with Crippen LogP contribution in [0.5, 0.6) is 0 Å². The first kappa shape index (κ1) is 28.8. The number of carboxylic acid groups (broad SMARTS) is 1. The van der Waals surface area contributed by atoms with Crippen LogP contribution in [0.4, 0.5) is 5.69 Å². The molecule has 9 nitrogen and oxygen atoms in total. The van der Waals surface area contributed by atoms with E-state index < -0.39 is 36.5 Å². The lowest BCUT2D eigenvalue weighted by Crippen LogP contribution is -2.57. The first-order chi connectivity index (χ1) is 17.4. The van der Waals surface area contributed by atoms with Crippen LogP contribution in [0.25, 0.3) is 0 Å². The maximum absolute atomic E-state index is 13.8. The molecule has 2 rings (SSSR count). The van der Waals surface area contributed by atoms with Gasteiger partial charge >= 0.3 is 11.9 Å². The number of aryl methyl sites for hydroxylation is 1. The van der Waals surface area contributed by atoms with Crippen molar-refractivity contribution in [3.05, 3.63) is 66.2 Å². The topological polar surface area (TPSA) is 125 Å². The van der Waals surface area contributed by atoms with Gasteiger partial charge in [0, 0.05) is 7.05 Å². The minimum absolute atomic E-state index is 0.218. The Bertz CT molecular complexity index is 942. The summed E-state index contributed by atoms with van der Waals surface area (Å²) >= 11 is 0. The molecule has 0 radical (unpaired) electrons. The molecule has 2 aromatic rings. The molecule has 2 atom stereocenters. The number of hydrogen-bond donors (Lipinski definition) is 3. The maximum Gasteiger partial charge on any atom is 0.325 e. The molecule has 0 aliphatic carbocycles. The lowest BCUT2D eigenvalue weighted by atomic mass is 10.0. The highest BCUT2D eigenvalue weighted by Gasteiger charge is 2.32. The number of nitrogens with one attached hydrogen (secondary N) is 1. The Balaban J connectivity index is 2.29. The molecule has 196 valence electrons. The molecule has 0 heterocycles. The van der Waals surface area contributed by atoms with Crippen molar-refractivity contribution < 1.29 is 24.2 Å². The summed E-state index contributed by atoms with van der Waals surface area (Å²) in [5.41, 5.74) is 7.40. The highest BCUT2D eigenvalue weighted by atomic mass is 16.5. The fourth-order valence-electron chi connectivity index (χ4n) is 3.90. The van der Waals surface area contributed by atoms with Gasteiger partial charge < -0.3 is 15.6 Å². The molecule has 9 heteroatoms. The van der Waals surface area contributed by atoms with Crippen molar-refractivity contribution in [1.29, 1.82) is 0 Å². The fourth-order valence-corrected chi connectivity index (χ4v) is 3.90. The van der Waals surface area contributed by atoms with Crippen LogP contribution in [0.3, 0.4) is 0 Å². The number of anilines is 1. The van der Waals surface area contributed by atoms with E-state index >= 15 is 0 Å². The molecular formula is C27H38N4O5. The first-order valence-electron chi connectivity index (χ1n) is 12.4. The molecule has 0 spiro atoms. The van der Waals surface area contributed by atoms with Crippen LogP contribution in [-0.4, -0.2) is 66.8 Å². The third-order valence-corrected chi connectivity index (χ3v) is 5.81. The second kappa shape index (κ2) is 15.5. The Morgan fingerprint density at radius 1 is 0.972 bits per heavy atom. The molecule has 0 unspecified atom stereocenters. The van der Waals surface area contributed by atoms with Crippen molar-refractivity contribution in [3.8, 4) is 0 Å². The van der Waals surface area contributed by atoms with E-state index in [0.717, 1.165) is 5.56 Å². The third kappa shape index (κ3) is 9.31. The van der Waals surface area contributed by atoms with E-state index in [0.29, 0.717) is 44.3 Å². The Morgan fingerprint density at radius 3 is 2.19 bits per heavy atom. The Labute approximate surface area is 213 Å². The summed E-state index contributed by atoms with van der Waals surface area (Å²) in [6.45, 7) is 1.90. The number of aliphatic carboxylic acids is 1. The van der Waals surface area contributed by atoms with Crippen LogP contribution in [0.1, 0.15) is 38.2 Å². The van der Waals surface area contributed by atoms with Gasteiger partial charge in [0.2, 0.25) is 0 Å². The zero-order valence-electron chi connectivity index (χ0n) is 21.1. The molecule has 0 saturated carbocycles. The van der Waals surface area contributed by atoms with E-state index in [1.54, 1.807) is 26.1 Å². The summed E-state index contributed by atoms with van der Waals surface area (Å²) in [4.78, 5) is 38.3. The number of carboxylic acids is 1. The number of ether oxygens (including phenoxy) is 1. The van der Waals surface area contributed by atoms with Gasteiger partial charge in [0.25, 0.3) is 5.91 Å². The molecule has 1 amide bonds. The van der Waals surface area contributed by atoms with E-state index in [2.05, 4.69) is 5.32 Å². The van der Waals surface area contributed by atoms with Gasteiger partial charge in [-0.05, 0) is 56.8 Å². The number of benzene rings is 2. The molecule has 0 aliphatic rings. The molecule has 0 aliphatic heterocycles. The summed E-state index contributed by atoms with van der Waals surface area (Å²) in [5, 5.41) is 15.5. The predicted molar refractivity (Wildman–Crippen MR) is 139 cm³/mol. The van der Waals surface area contributed by atoms with Gasteiger partial charge in [-0.25, -0.2) is 5.01 Å². The van der Waals surface area contributed by atoms with Gasteiger partial charge in [-0.2, -0.15) is 0 Å². The number of esters is 1. The van der Waals surface area contributed by atoms with Gasteiger partial charge in [-0.3, -0.25) is 24.7 Å². The quantitative estimate of drug-likeness (QED) is 0.183. The van der Waals surface area contributed by atoms with Crippen LogP contribution < -0.4 is 16.1 Å². The minimum Gasteiger partial charge on any atom is -0.480 e. The summed E-state index contributed by atoms with van der Waals surface area (Å²) in [5.74, 6) is -2.01. The number of nitrogens with zero attached hydrogens (tertiary/aromatic N) is 2. The first-order valence-corrected chi connectivity index (χ1v) is 12.4. The lowest BCUT2D eigenvalue weighted by Gasteiger charge is -2.36. The number of nitrogens with two attached hydrogens (primary N) is 1. The zero-order chi connectivity index (χ0) is 26.3. The van der Waals surface area contributed by atoms with Crippen molar-refractivity contribution in [2.24, 2.45) is 5.73 Å². The van der Waals surface area contributed by atoms with Crippen LogP contribution >= 0.6 is 0 Å². The summed E-state index contributed by atoms with van der Waals surface area (Å²) in [6, 6.07) is 17.3. The molecule has 36 heavy (non-hydrogen) atoms. The monoisotopic (exact) mass is 498 g/mol. The largest absolute Gasteiger partial charge is 0.480 e. The SMILES string of the molecule is CCOC(=O)[C@H](CCc1ccccc1)N[C@@H](CCCCN)C(=O)N(CC(=O)O)N(C)c1ccccc1. The molecule has 0 saturated heterocycles. The zero-order valence-corrected chi connectivity index (χ0v) is 21.1. The van der Waals surface area contributed by atoms with Gasteiger partial charge in [0.05, 0.1) is 18.3 Å². The molecular weight excluding hydrogens is 460 g/mol. The molecule has 2 aromatic carbocycles. The van der Waals surface area contributed by atoms with Gasteiger partial charge in [0.1, 0.15) is 12.6 Å². The smallest absolute Gasteiger partial charge is 0.325 e. The van der Waals surface area contributed by atoms with E-state index in [-0.39, 0.29) is 6.61 Å². The van der Waals surface area contributed by atoms with Crippen molar-refractivity contribution in [2.45, 2.75) is 51.1 Å². The van der Waals surface area contributed by atoms with Gasteiger partial charge in [0.15, 0.2) is 0 Å². The van der Waals surface area contributed by atoms with Gasteiger partial charge in [-0.15, -0.1) is 0 Å². The van der Waals surface area contributed by atoms with E-state index in [4.69, 9.17) is 10.5 Å². The van der Waals surface area contributed by atoms with Crippen LogP contribution in [0.2, 0.25) is 0 Å². The van der Waals surface area contributed by atoms with Crippen molar-refractivity contribution in [1.82, 2.24) is 10.3 Å². The molecule has 0 aromatic heterocycles. The number of carbonyl (C=O) groups is 3. The van der Waals surface area contributed by atoms with Crippen molar-refractivity contribution in [3.63, 3.8) is 0 Å². The van der Waals surface area contributed by atoms with E-state index in [1.807, 2.05) is 48.5 Å². The number of rotatable bonds is 16. The predicted octanol–water partition coefficient (Wildman–Crippen LogP) is 2.60. The second-order valence-electron chi connectivity index (χ2n) is 8.48. The van der Waals surface area contributed by atoms with E-state index in [9.17, 15) is 19.5 Å². The highest BCUT2D eigenvalue weighted by molar-refractivity contribution is 5.87. The Kier molecular flexibility index (Phi) is 12.4. The van der Waals surface area contributed by atoms with Crippen LogP contribution in [0.15, 0.2) is 60.7 Å². The molecule has 0 bridgehead atoms. The van der Waals surface area contributed by atoms with Crippen molar-refractivity contribution >= 4 is 23.5 Å². The normalized spacial score (nSPS) is 12.4. The maximum atomic E-state index is 13.8. The van der Waals surface area contributed by atoms with Crippen LogP contribution in [0, 0.1) is 0 Å². The number of unbranched alkanes of at least 4 members (excludes halogenated alkanes) is 1. The lowest BCUT2D eigenvalue weighted by molar-refractivity contribution is -0.148. The highest BCUT2D eigenvalue weighted by Crippen LogP contribution is 2.17. The average Bonchev–Trinajstić information content (AvgIpc) is 2.89. The number of amides is 1. The average molecular weight is 499 g/mol. The molecule has 4 N–H and O–H groups in total. The minimum atomic E-state index is -1.14. The standard InChI is InChI=1S/C27H38N4O5/c1-3-36-27(35)24(18-17-21-12-6-4-7-13-21)29-23(16-10-11-19-28)26(34)31(20-25(32)33)30(2)22-14-8-5-9-15-22/h4-9,12-15,23-24,29H,3,10-11,16-20,28H2,1-2H3,(H,32,33)/t23-,24-/m0/s1. The summed E-state index contributed by atoms with van der Waals surface area (Å²) in [6.07, 6.45) is 2.79. The summed E-state index contributed by atoms with van der Waals surface area (Å²) in [7, 11) is 1.64. The Morgan fingerprint density at radius 2 is 1.61 bits per heavy atom. The summed E-state index contributed by atoms with van der Waals surface area (Å²) < 4.78 is 5.29. The fraction of sp³-hybridized carbons (Fsp3) is 0.444. The number of carbonyl (C=O) groups excluding carboxylic acids is 2. The molecule has 0 fully saturated rings. The van der Waals surface area contributed by atoms with Gasteiger partial charge in [-0.1, -0.05) is 55.0 Å².